The van der Waals surface area contributed by atoms with E-state index in [4.69, 9.17) is 0 Å². The first-order valence-corrected chi connectivity index (χ1v) is 11.9. The fourth-order valence-corrected chi connectivity index (χ4v) is 5.64. The number of nitrogens with zero attached hydrogens (tertiary/aromatic N) is 1. The van der Waals surface area contributed by atoms with Gasteiger partial charge < -0.3 is 0 Å². The van der Waals surface area contributed by atoms with E-state index in [1.165, 1.54) is 53.6 Å². The highest BCUT2D eigenvalue weighted by molar-refractivity contribution is 7.99. The Labute approximate surface area is 197 Å². The molecule has 0 bridgehead atoms. The number of hydrogen-bond acceptors (Lipinski definition) is 2. The van der Waals surface area contributed by atoms with Gasteiger partial charge in [-0.3, -0.25) is 4.98 Å². The lowest BCUT2D eigenvalue weighted by molar-refractivity contribution is 1.36. The Morgan fingerprint density at radius 1 is 0.485 bits per heavy atom. The third-order valence-electron chi connectivity index (χ3n) is 6.00. The summed E-state index contributed by atoms with van der Waals surface area (Å²) in [6, 6.07) is 40.9. The number of hydrogen-bond donors (Lipinski definition) is 0. The van der Waals surface area contributed by atoms with Gasteiger partial charge in [-0.05, 0) is 56.6 Å². The molecule has 0 aliphatic rings. The fourth-order valence-electron chi connectivity index (χ4n) is 4.49. The molecule has 0 fully saturated rings. The van der Waals surface area contributed by atoms with E-state index < -0.39 is 0 Å². The number of benzene rings is 5. The smallest absolute Gasteiger partial charge is 0.0353 e. The van der Waals surface area contributed by atoms with Crippen LogP contribution in [0.1, 0.15) is 0 Å². The minimum Gasteiger partial charge on any atom is -0.264 e. The Morgan fingerprint density at radius 3 is 1.91 bits per heavy atom. The Bertz CT molecular complexity index is 1520. The highest BCUT2D eigenvalue weighted by Gasteiger charge is 2.16. The predicted molar refractivity (Wildman–Crippen MR) is 141 cm³/mol. The standard InChI is InChI=1S/C31H21NS/c1-3-10-22(11-4-1)24-14-9-15-25(20-24)33-31-27-17-8-7-16-26(27)30(23-12-5-2-6-13-23)29-21-32-19-18-28(29)31/h1-21H. The second-order valence-corrected chi connectivity index (χ2v) is 9.12. The zero-order chi connectivity index (χ0) is 22.0. The Balaban J connectivity index is 1.57. The fraction of sp³-hybridized carbons (Fsp3) is 0. The highest BCUT2D eigenvalue weighted by atomic mass is 32.2. The first kappa shape index (κ1) is 19.8. The van der Waals surface area contributed by atoms with Crippen molar-refractivity contribution >= 4 is 33.3 Å². The molecule has 5 aromatic carbocycles. The Kier molecular flexibility index (Phi) is 5.14. The maximum Gasteiger partial charge on any atom is 0.0353 e. The van der Waals surface area contributed by atoms with Crippen molar-refractivity contribution in [2.75, 3.05) is 0 Å². The number of rotatable bonds is 4. The second-order valence-electron chi connectivity index (χ2n) is 8.03. The average Bonchev–Trinajstić information content (AvgIpc) is 2.90. The summed E-state index contributed by atoms with van der Waals surface area (Å²) >= 11 is 1.83. The van der Waals surface area contributed by atoms with Crippen molar-refractivity contribution in [3.8, 4) is 22.3 Å². The topological polar surface area (TPSA) is 12.9 Å². The van der Waals surface area contributed by atoms with Gasteiger partial charge in [-0.1, -0.05) is 109 Å². The maximum absolute atomic E-state index is 4.50. The third kappa shape index (κ3) is 3.69. The molecule has 2 heteroatoms. The van der Waals surface area contributed by atoms with E-state index >= 15 is 0 Å². The molecule has 0 saturated carbocycles. The summed E-state index contributed by atoms with van der Waals surface area (Å²) in [6.45, 7) is 0. The molecule has 0 unspecified atom stereocenters. The van der Waals surface area contributed by atoms with Gasteiger partial charge in [0.1, 0.15) is 0 Å². The van der Waals surface area contributed by atoms with Gasteiger partial charge >= 0.3 is 0 Å². The van der Waals surface area contributed by atoms with Crippen LogP contribution in [0.25, 0.3) is 43.8 Å². The van der Waals surface area contributed by atoms with Crippen molar-refractivity contribution in [1.82, 2.24) is 4.98 Å². The van der Waals surface area contributed by atoms with Gasteiger partial charge in [0.25, 0.3) is 0 Å². The van der Waals surface area contributed by atoms with Gasteiger partial charge in [-0.15, -0.1) is 0 Å². The molecule has 0 aliphatic carbocycles. The summed E-state index contributed by atoms with van der Waals surface area (Å²) in [7, 11) is 0. The van der Waals surface area contributed by atoms with Gasteiger partial charge in [-0.2, -0.15) is 0 Å². The van der Waals surface area contributed by atoms with Crippen LogP contribution in [0.2, 0.25) is 0 Å². The average molecular weight is 440 g/mol. The second kappa shape index (κ2) is 8.57. The number of pyridine rings is 1. The van der Waals surface area contributed by atoms with Crippen LogP contribution >= 0.6 is 11.8 Å². The van der Waals surface area contributed by atoms with E-state index in [0.717, 1.165) is 0 Å². The van der Waals surface area contributed by atoms with Gasteiger partial charge in [0.2, 0.25) is 0 Å². The highest BCUT2D eigenvalue weighted by Crippen LogP contribution is 2.45. The molecular weight excluding hydrogens is 418 g/mol. The summed E-state index contributed by atoms with van der Waals surface area (Å²) in [4.78, 5) is 7.00. The molecule has 1 heterocycles. The first-order chi connectivity index (χ1) is 16.4. The van der Waals surface area contributed by atoms with Crippen LogP contribution < -0.4 is 0 Å². The Morgan fingerprint density at radius 2 is 1.12 bits per heavy atom. The van der Waals surface area contributed by atoms with Gasteiger partial charge in [0.05, 0.1) is 0 Å². The van der Waals surface area contributed by atoms with Gasteiger partial charge in [0.15, 0.2) is 0 Å². The molecule has 1 nitrogen and oxygen atoms in total. The van der Waals surface area contributed by atoms with Crippen molar-refractivity contribution in [3.05, 3.63) is 128 Å². The lowest BCUT2D eigenvalue weighted by Crippen LogP contribution is -1.90. The van der Waals surface area contributed by atoms with Crippen LogP contribution in [0, 0.1) is 0 Å². The van der Waals surface area contributed by atoms with E-state index in [1.807, 2.05) is 24.2 Å². The lowest BCUT2D eigenvalue weighted by atomic mass is 9.93. The first-order valence-electron chi connectivity index (χ1n) is 11.1. The van der Waals surface area contributed by atoms with Crippen LogP contribution in [0.4, 0.5) is 0 Å². The molecule has 0 atom stereocenters. The van der Waals surface area contributed by atoms with Crippen molar-refractivity contribution in [2.24, 2.45) is 0 Å². The molecule has 156 valence electrons. The molecule has 0 amide bonds. The van der Waals surface area contributed by atoms with E-state index in [0.29, 0.717) is 0 Å². The molecule has 1 aromatic heterocycles. The largest absolute Gasteiger partial charge is 0.264 e. The molecule has 0 radical (unpaired) electrons. The van der Waals surface area contributed by atoms with Crippen molar-refractivity contribution < 1.29 is 0 Å². The van der Waals surface area contributed by atoms with Gasteiger partial charge in [0, 0.05) is 27.6 Å². The number of aromatic nitrogens is 1. The van der Waals surface area contributed by atoms with Crippen LogP contribution in [-0.2, 0) is 0 Å². The van der Waals surface area contributed by atoms with Crippen LogP contribution in [0.15, 0.2) is 137 Å². The summed E-state index contributed by atoms with van der Waals surface area (Å²) in [5.41, 5.74) is 4.93. The minimum absolute atomic E-state index is 1.18. The summed E-state index contributed by atoms with van der Waals surface area (Å²) in [6.07, 6.45) is 3.91. The third-order valence-corrected chi connectivity index (χ3v) is 7.13. The molecule has 0 spiro atoms. The minimum atomic E-state index is 1.18. The van der Waals surface area contributed by atoms with E-state index in [-0.39, 0.29) is 0 Å². The molecule has 0 saturated heterocycles. The zero-order valence-corrected chi connectivity index (χ0v) is 18.8. The molecule has 6 aromatic rings. The van der Waals surface area contributed by atoms with Crippen molar-refractivity contribution in [1.29, 1.82) is 0 Å². The number of fused-ring (bicyclic) bond motifs is 2. The normalized spacial score (nSPS) is 11.2. The molecular formula is C31H21NS. The molecule has 0 N–H and O–H groups in total. The lowest BCUT2D eigenvalue weighted by Gasteiger charge is -2.17. The van der Waals surface area contributed by atoms with Crippen LogP contribution in [0.5, 0.6) is 0 Å². The van der Waals surface area contributed by atoms with Crippen molar-refractivity contribution in [3.63, 3.8) is 0 Å². The van der Waals surface area contributed by atoms with Crippen molar-refractivity contribution in [2.45, 2.75) is 9.79 Å². The van der Waals surface area contributed by atoms with E-state index in [1.54, 1.807) is 0 Å². The zero-order valence-electron chi connectivity index (χ0n) is 18.0. The predicted octanol–water partition coefficient (Wildman–Crippen LogP) is 8.87. The molecule has 33 heavy (non-hydrogen) atoms. The maximum atomic E-state index is 4.50. The quantitative estimate of drug-likeness (QED) is 0.254. The monoisotopic (exact) mass is 439 g/mol. The summed E-state index contributed by atoms with van der Waals surface area (Å²) < 4.78 is 0. The molecule has 0 aliphatic heterocycles. The summed E-state index contributed by atoms with van der Waals surface area (Å²) in [5, 5.41) is 4.94. The summed E-state index contributed by atoms with van der Waals surface area (Å²) in [5.74, 6) is 0. The van der Waals surface area contributed by atoms with Crippen LogP contribution in [0.3, 0.4) is 0 Å². The van der Waals surface area contributed by atoms with Crippen LogP contribution in [-0.4, -0.2) is 4.98 Å². The Hall–Kier alpha value is -3.88. The molecule has 6 rings (SSSR count). The van der Waals surface area contributed by atoms with E-state index in [9.17, 15) is 0 Å². The SMILES string of the molecule is c1ccc(-c2cccc(Sc3c4ccccc4c(-c4ccccc4)c4cnccc34)c2)cc1. The van der Waals surface area contributed by atoms with Gasteiger partial charge in [-0.25, -0.2) is 0 Å². The van der Waals surface area contributed by atoms with E-state index in [2.05, 4.69) is 120 Å².